The van der Waals surface area contributed by atoms with Crippen LogP contribution in [0.1, 0.15) is 11.1 Å². The molecule has 0 atom stereocenters. The van der Waals surface area contributed by atoms with Crippen LogP contribution in [-0.2, 0) is 12.8 Å². The summed E-state index contributed by atoms with van der Waals surface area (Å²) >= 11 is 0. The highest BCUT2D eigenvalue weighted by molar-refractivity contribution is 5.70. The Bertz CT molecular complexity index is 860. The summed E-state index contributed by atoms with van der Waals surface area (Å²) in [4.78, 5) is 0. The van der Waals surface area contributed by atoms with Crippen LogP contribution in [0.5, 0.6) is 5.75 Å². The molecule has 0 bridgehead atoms. The minimum Gasteiger partial charge on any atom is -0.489 e. The average Bonchev–Trinajstić information content (AvgIpc) is 2.60. The Hall–Kier alpha value is -2.95. The van der Waals surface area contributed by atoms with Gasteiger partial charge in [-0.15, -0.1) is 0 Å². The highest BCUT2D eigenvalue weighted by Crippen LogP contribution is 2.34. The molecule has 0 fully saturated rings. The van der Waals surface area contributed by atoms with Crippen molar-refractivity contribution >= 4 is 5.69 Å². The van der Waals surface area contributed by atoms with Crippen molar-refractivity contribution in [1.82, 2.24) is 0 Å². The molecule has 2 nitrogen and oxygen atoms in total. The Morgan fingerprint density at radius 3 is 2.28 bits per heavy atom. The fourth-order valence-electron chi connectivity index (χ4n) is 2.49. The third-order valence-corrected chi connectivity index (χ3v) is 3.70. The Kier molecular flexibility index (Phi) is 4.65. The number of anilines is 1. The highest BCUT2D eigenvalue weighted by Gasteiger charge is 2.30. The van der Waals surface area contributed by atoms with Gasteiger partial charge in [0.25, 0.3) is 0 Å². The van der Waals surface area contributed by atoms with Gasteiger partial charge in [-0.05, 0) is 41.0 Å². The van der Waals surface area contributed by atoms with Crippen molar-refractivity contribution in [3.8, 4) is 16.9 Å². The Morgan fingerprint density at radius 2 is 1.56 bits per heavy atom. The Balaban J connectivity index is 1.87. The fourth-order valence-corrected chi connectivity index (χ4v) is 2.49. The summed E-state index contributed by atoms with van der Waals surface area (Å²) in [6.07, 6.45) is -4.39. The largest absolute Gasteiger partial charge is 0.489 e. The van der Waals surface area contributed by atoms with Crippen LogP contribution in [0.2, 0.25) is 0 Å². The van der Waals surface area contributed by atoms with E-state index in [1.807, 2.05) is 30.3 Å². The summed E-state index contributed by atoms with van der Waals surface area (Å²) in [5.41, 5.74) is 7.63. The molecule has 0 aromatic heterocycles. The lowest BCUT2D eigenvalue weighted by Gasteiger charge is -2.12. The van der Waals surface area contributed by atoms with Crippen molar-refractivity contribution in [3.63, 3.8) is 0 Å². The van der Waals surface area contributed by atoms with E-state index in [0.717, 1.165) is 17.7 Å². The molecule has 2 N–H and O–H groups in total. The van der Waals surface area contributed by atoms with Crippen molar-refractivity contribution in [2.75, 3.05) is 5.73 Å². The van der Waals surface area contributed by atoms with Gasteiger partial charge in [0.1, 0.15) is 12.4 Å². The SMILES string of the molecule is Nc1cc(OCc2ccccc2)cc(-c2cccc(C(F)(F)F)c2)c1. The molecule has 3 rings (SSSR count). The van der Waals surface area contributed by atoms with Crippen molar-refractivity contribution in [2.24, 2.45) is 0 Å². The van der Waals surface area contributed by atoms with E-state index < -0.39 is 11.7 Å². The summed E-state index contributed by atoms with van der Waals surface area (Å²) in [5.74, 6) is 0.510. The Morgan fingerprint density at radius 1 is 0.800 bits per heavy atom. The molecule has 0 saturated carbocycles. The van der Waals surface area contributed by atoms with Gasteiger partial charge in [0, 0.05) is 11.8 Å². The monoisotopic (exact) mass is 343 g/mol. The molecule has 0 heterocycles. The summed E-state index contributed by atoms with van der Waals surface area (Å²) in [5, 5.41) is 0. The molecule has 0 aliphatic carbocycles. The molecule has 5 heteroatoms. The van der Waals surface area contributed by atoms with E-state index in [1.165, 1.54) is 6.07 Å². The van der Waals surface area contributed by atoms with Gasteiger partial charge < -0.3 is 10.5 Å². The first-order chi connectivity index (χ1) is 11.9. The van der Waals surface area contributed by atoms with Gasteiger partial charge in [0.15, 0.2) is 0 Å². The first kappa shape index (κ1) is 16.9. The molecule has 0 aliphatic rings. The zero-order valence-electron chi connectivity index (χ0n) is 13.3. The van der Waals surface area contributed by atoms with Crippen LogP contribution in [0.15, 0.2) is 72.8 Å². The molecule has 0 saturated heterocycles. The second-order valence-electron chi connectivity index (χ2n) is 5.64. The van der Waals surface area contributed by atoms with Gasteiger partial charge in [0.2, 0.25) is 0 Å². The van der Waals surface area contributed by atoms with Gasteiger partial charge in [-0.3, -0.25) is 0 Å². The molecular formula is C20H16F3NO. The van der Waals surface area contributed by atoms with Crippen LogP contribution in [0, 0.1) is 0 Å². The van der Waals surface area contributed by atoms with Crippen molar-refractivity contribution < 1.29 is 17.9 Å². The van der Waals surface area contributed by atoms with E-state index in [9.17, 15) is 13.2 Å². The van der Waals surface area contributed by atoms with E-state index >= 15 is 0 Å². The van der Waals surface area contributed by atoms with Crippen molar-refractivity contribution in [2.45, 2.75) is 12.8 Å². The lowest BCUT2D eigenvalue weighted by atomic mass is 10.0. The predicted octanol–water partition coefficient (Wildman–Crippen LogP) is 5.53. The van der Waals surface area contributed by atoms with Gasteiger partial charge in [-0.1, -0.05) is 42.5 Å². The number of hydrogen-bond acceptors (Lipinski definition) is 2. The number of halogens is 3. The van der Waals surface area contributed by atoms with Crippen LogP contribution in [0.25, 0.3) is 11.1 Å². The maximum Gasteiger partial charge on any atom is 0.416 e. The number of ether oxygens (including phenoxy) is 1. The van der Waals surface area contributed by atoms with Crippen LogP contribution in [0.4, 0.5) is 18.9 Å². The Labute approximate surface area is 143 Å². The van der Waals surface area contributed by atoms with Crippen molar-refractivity contribution in [1.29, 1.82) is 0 Å². The number of rotatable bonds is 4. The summed E-state index contributed by atoms with van der Waals surface area (Å²) in [6, 6.07) is 19.7. The maximum absolute atomic E-state index is 12.9. The topological polar surface area (TPSA) is 35.2 Å². The first-order valence-corrected chi connectivity index (χ1v) is 7.67. The van der Waals surface area contributed by atoms with E-state index in [2.05, 4.69) is 0 Å². The van der Waals surface area contributed by atoms with Gasteiger partial charge in [0.05, 0.1) is 5.56 Å². The molecule has 0 unspecified atom stereocenters. The van der Waals surface area contributed by atoms with Gasteiger partial charge in [-0.2, -0.15) is 13.2 Å². The van der Waals surface area contributed by atoms with E-state index in [1.54, 1.807) is 24.3 Å². The smallest absolute Gasteiger partial charge is 0.416 e. The average molecular weight is 343 g/mol. The lowest BCUT2D eigenvalue weighted by Crippen LogP contribution is -2.04. The minimum absolute atomic E-state index is 0.353. The molecule has 0 radical (unpaired) electrons. The normalized spacial score (nSPS) is 11.3. The summed E-state index contributed by atoms with van der Waals surface area (Å²) in [6.45, 7) is 0.353. The van der Waals surface area contributed by atoms with Gasteiger partial charge >= 0.3 is 6.18 Å². The van der Waals surface area contributed by atoms with Crippen LogP contribution in [0.3, 0.4) is 0 Å². The number of nitrogen functional groups attached to an aromatic ring is 1. The first-order valence-electron chi connectivity index (χ1n) is 7.67. The van der Waals surface area contributed by atoms with Crippen LogP contribution >= 0.6 is 0 Å². The quantitative estimate of drug-likeness (QED) is 0.632. The molecule has 0 spiro atoms. The van der Waals surface area contributed by atoms with E-state index in [-0.39, 0.29) is 0 Å². The van der Waals surface area contributed by atoms with E-state index in [0.29, 0.717) is 29.2 Å². The molecule has 3 aromatic rings. The minimum atomic E-state index is -4.39. The number of hydrogen-bond donors (Lipinski definition) is 1. The molecule has 0 aliphatic heterocycles. The van der Waals surface area contributed by atoms with Gasteiger partial charge in [-0.25, -0.2) is 0 Å². The van der Waals surface area contributed by atoms with E-state index in [4.69, 9.17) is 10.5 Å². The molecule has 128 valence electrons. The zero-order chi connectivity index (χ0) is 17.9. The van der Waals surface area contributed by atoms with Crippen LogP contribution in [-0.4, -0.2) is 0 Å². The molecular weight excluding hydrogens is 327 g/mol. The third kappa shape index (κ3) is 4.32. The maximum atomic E-state index is 12.9. The second kappa shape index (κ2) is 6.89. The number of nitrogens with two attached hydrogens (primary N) is 1. The standard InChI is InChI=1S/C20H16F3NO/c21-20(22,23)17-8-4-7-15(9-17)16-10-18(24)12-19(11-16)25-13-14-5-2-1-3-6-14/h1-12H,13,24H2. The van der Waals surface area contributed by atoms with Crippen LogP contribution < -0.4 is 10.5 Å². The molecule has 3 aromatic carbocycles. The second-order valence-corrected chi connectivity index (χ2v) is 5.64. The highest BCUT2D eigenvalue weighted by atomic mass is 19.4. The van der Waals surface area contributed by atoms with Crippen molar-refractivity contribution in [3.05, 3.63) is 83.9 Å². The molecule has 0 amide bonds. The summed E-state index contributed by atoms with van der Waals surface area (Å²) in [7, 11) is 0. The third-order valence-electron chi connectivity index (χ3n) is 3.70. The lowest BCUT2D eigenvalue weighted by molar-refractivity contribution is -0.137. The number of alkyl halides is 3. The zero-order valence-corrected chi connectivity index (χ0v) is 13.3. The fraction of sp³-hybridized carbons (Fsp3) is 0.100. The molecule has 25 heavy (non-hydrogen) atoms. The summed E-state index contributed by atoms with van der Waals surface area (Å²) < 4.78 is 44.4. The predicted molar refractivity (Wildman–Crippen MR) is 92.1 cm³/mol. The number of benzene rings is 3.